The van der Waals surface area contributed by atoms with Crippen molar-refractivity contribution < 1.29 is 19.2 Å². The van der Waals surface area contributed by atoms with Gasteiger partial charge in [-0.3, -0.25) is 9.59 Å². The first-order chi connectivity index (χ1) is 13.4. The normalized spacial score (nSPS) is 12.1. The summed E-state index contributed by atoms with van der Waals surface area (Å²) < 4.78 is 5.27. The number of rotatable bonds is 8. The highest BCUT2D eigenvalue weighted by Gasteiger charge is 2.15. The van der Waals surface area contributed by atoms with Gasteiger partial charge < -0.3 is 20.2 Å². The molecule has 0 aliphatic heterocycles. The summed E-state index contributed by atoms with van der Waals surface area (Å²) in [5.74, 6) is 0.311. The molecule has 1 unspecified atom stereocenters. The van der Waals surface area contributed by atoms with E-state index in [2.05, 4.69) is 15.8 Å². The van der Waals surface area contributed by atoms with Crippen molar-refractivity contribution in [3.63, 3.8) is 0 Å². The molecule has 0 aromatic heterocycles. The third-order valence-electron chi connectivity index (χ3n) is 3.99. The molecule has 148 valence electrons. The van der Waals surface area contributed by atoms with E-state index in [0.29, 0.717) is 23.7 Å². The molecule has 2 aromatic rings. The van der Waals surface area contributed by atoms with E-state index in [1.54, 1.807) is 33.1 Å². The van der Waals surface area contributed by atoms with Crippen LogP contribution in [-0.2, 0) is 21.0 Å². The number of nitrogens with one attached hydrogen (secondary N) is 2. The van der Waals surface area contributed by atoms with E-state index in [0.717, 1.165) is 11.1 Å². The smallest absolute Gasteiger partial charge is 0.263 e. The third kappa shape index (κ3) is 6.12. The maximum Gasteiger partial charge on any atom is 0.263 e. The highest BCUT2D eigenvalue weighted by atomic mass is 16.6. The van der Waals surface area contributed by atoms with Crippen molar-refractivity contribution in [2.24, 2.45) is 5.16 Å². The zero-order chi connectivity index (χ0) is 20.5. The molecular weight excluding hydrogens is 358 g/mol. The van der Waals surface area contributed by atoms with Gasteiger partial charge in [-0.1, -0.05) is 35.5 Å². The second-order valence-electron chi connectivity index (χ2n) is 6.21. The predicted molar refractivity (Wildman–Crippen MR) is 108 cm³/mol. The topological polar surface area (TPSA) is 89.0 Å². The van der Waals surface area contributed by atoms with Gasteiger partial charge in [0.2, 0.25) is 12.0 Å². The number of para-hydroxylation sites is 1. The summed E-state index contributed by atoms with van der Waals surface area (Å²) >= 11 is 0. The first-order valence-corrected chi connectivity index (χ1v) is 8.88. The van der Waals surface area contributed by atoms with Crippen molar-refractivity contribution >= 4 is 23.2 Å². The van der Waals surface area contributed by atoms with Crippen molar-refractivity contribution in [3.8, 4) is 5.75 Å². The number of amides is 2. The summed E-state index contributed by atoms with van der Waals surface area (Å²) in [6, 6.07) is 14.7. The number of hydrogen-bond acceptors (Lipinski definition) is 5. The van der Waals surface area contributed by atoms with Crippen LogP contribution in [0, 0.1) is 0 Å². The molecule has 0 heterocycles. The van der Waals surface area contributed by atoms with Gasteiger partial charge in [-0.25, -0.2) is 0 Å². The molecule has 0 saturated heterocycles. The Hall–Kier alpha value is -3.35. The van der Waals surface area contributed by atoms with Gasteiger partial charge in [0.15, 0.2) is 0 Å². The maximum absolute atomic E-state index is 12.2. The van der Waals surface area contributed by atoms with Gasteiger partial charge >= 0.3 is 0 Å². The molecule has 28 heavy (non-hydrogen) atoms. The number of carbonyl (C=O) groups excluding carboxylic acids is 2. The highest BCUT2D eigenvalue weighted by Crippen LogP contribution is 2.16. The number of ether oxygens (including phenoxy) is 1. The Balaban J connectivity index is 1.89. The molecule has 0 aliphatic rings. The predicted octanol–water partition coefficient (Wildman–Crippen LogP) is 3.10. The van der Waals surface area contributed by atoms with Crippen LogP contribution in [0.3, 0.4) is 0 Å². The second-order valence-corrected chi connectivity index (χ2v) is 6.21. The van der Waals surface area contributed by atoms with E-state index in [1.807, 2.05) is 36.4 Å². The average molecular weight is 383 g/mol. The van der Waals surface area contributed by atoms with E-state index in [4.69, 9.17) is 9.57 Å². The Labute approximate surface area is 164 Å². The Bertz CT molecular complexity index is 847. The summed E-state index contributed by atoms with van der Waals surface area (Å²) in [5, 5.41) is 9.55. The second kappa shape index (κ2) is 10.1. The van der Waals surface area contributed by atoms with Crippen LogP contribution >= 0.6 is 0 Å². The molecule has 0 saturated carbocycles. The summed E-state index contributed by atoms with van der Waals surface area (Å²) in [6.07, 6.45) is -0.747. The summed E-state index contributed by atoms with van der Waals surface area (Å²) in [6.45, 7) is 5.21. The number of nitrogens with zero attached hydrogens (tertiary/aromatic N) is 1. The highest BCUT2D eigenvalue weighted by molar-refractivity contribution is 5.99. The Morgan fingerprint density at radius 2 is 1.75 bits per heavy atom. The van der Waals surface area contributed by atoms with E-state index in [9.17, 15) is 9.59 Å². The third-order valence-corrected chi connectivity index (χ3v) is 3.99. The molecule has 0 bridgehead atoms. The van der Waals surface area contributed by atoms with Gasteiger partial charge in [0, 0.05) is 24.7 Å². The number of oxime groups is 1. The average Bonchev–Trinajstić information content (AvgIpc) is 2.70. The molecule has 7 heteroatoms. The van der Waals surface area contributed by atoms with Gasteiger partial charge in [0.05, 0.1) is 12.8 Å². The number of methoxy groups -OCH3 is 1. The molecule has 0 fully saturated rings. The van der Waals surface area contributed by atoms with Crippen LogP contribution < -0.4 is 15.4 Å². The fourth-order valence-corrected chi connectivity index (χ4v) is 2.43. The van der Waals surface area contributed by atoms with E-state index in [-0.39, 0.29) is 11.8 Å². The van der Waals surface area contributed by atoms with Crippen LogP contribution in [0.25, 0.3) is 0 Å². The fraction of sp³-hybridized carbons (Fsp3) is 0.286. The van der Waals surface area contributed by atoms with Crippen LogP contribution in [0.15, 0.2) is 53.7 Å². The lowest BCUT2D eigenvalue weighted by atomic mass is 10.1. The minimum atomic E-state index is -0.747. The summed E-state index contributed by atoms with van der Waals surface area (Å²) in [7, 11) is 1.59. The van der Waals surface area contributed by atoms with Gasteiger partial charge in [-0.15, -0.1) is 0 Å². The molecule has 2 amide bonds. The van der Waals surface area contributed by atoms with Gasteiger partial charge in [0.1, 0.15) is 5.75 Å². The molecule has 2 N–H and O–H groups in total. The molecule has 0 radical (unpaired) electrons. The molecule has 2 aromatic carbocycles. The van der Waals surface area contributed by atoms with E-state index in [1.165, 1.54) is 6.92 Å². The lowest BCUT2D eigenvalue weighted by molar-refractivity contribution is -0.131. The monoisotopic (exact) mass is 383 g/mol. The summed E-state index contributed by atoms with van der Waals surface area (Å²) in [4.78, 5) is 28.6. The largest absolute Gasteiger partial charge is 0.496 e. The van der Waals surface area contributed by atoms with Gasteiger partial charge in [0.25, 0.3) is 5.91 Å². The van der Waals surface area contributed by atoms with Crippen molar-refractivity contribution in [1.29, 1.82) is 0 Å². The van der Waals surface area contributed by atoms with Crippen LogP contribution in [-0.4, -0.2) is 30.7 Å². The van der Waals surface area contributed by atoms with E-state index >= 15 is 0 Å². The van der Waals surface area contributed by atoms with Gasteiger partial charge in [-0.05, 0) is 37.6 Å². The van der Waals surface area contributed by atoms with Crippen molar-refractivity contribution in [2.75, 3.05) is 12.4 Å². The maximum atomic E-state index is 12.2. The van der Waals surface area contributed by atoms with Crippen LogP contribution in [0.5, 0.6) is 5.75 Å². The molecular formula is C21H25N3O4. The van der Waals surface area contributed by atoms with Crippen LogP contribution in [0.4, 0.5) is 5.69 Å². The first-order valence-electron chi connectivity index (χ1n) is 8.88. The zero-order valence-electron chi connectivity index (χ0n) is 16.5. The summed E-state index contributed by atoms with van der Waals surface area (Å²) in [5.41, 5.74) is 3.04. The van der Waals surface area contributed by atoms with Crippen molar-refractivity contribution in [3.05, 3.63) is 59.7 Å². The van der Waals surface area contributed by atoms with Crippen molar-refractivity contribution in [2.45, 2.75) is 33.4 Å². The first kappa shape index (κ1) is 21.0. The number of carbonyl (C=O) groups is 2. The lowest BCUT2D eigenvalue weighted by Crippen LogP contribution is -2.33. The number of anilines is 1. The van der Waals surface area contributed by atoms with E-state index < -0.39 is 6.10 Å². The molecule has 0 aliphatic carbocycles. The fourth-order valence-electron chi connectivity index (χ4n) is 2.43. The quantitative estimate of drug-likeness (QED) is 0.541. The SMILES string of the molecule is COc1ccccc1CNC(=O)C(C)O/N=C(\C)c1ccc(NC(C)=O)cc1. The zero-order valence-corrected chi connectivity index (χ0v) is 16.5. The molecule has 0 spiro atoms. The molecule has 2 rings (SSSR count). The lowest BCUT2D eigenvalue weighted by Gasteiger charge is -2.13. The van der Waals surface area contributed by atoms with Crippen LogP contribution in [0.1, 0.15) is 31.9 Å². The standard InChI is InChI=1S/C21H25N3O4/c1-14(17-9-11-19(12-10-17)23-16(3)25)24-28-15(2)21(26)22-13-18-7-5-6-8-20(18)27-4/h5-12,15H,13H2,1-4H3,(H,22,26)(H,23,25)/b24-14+. The Kier molecular flexibility index (Phi) is 7.56. The minimum absolute atomic E-state index is 0.130. The van der Waals surface area contributed by atoms with Gasteiger partial charge in [-0.2, -0.15) is 0 Å². The van der Waals surface area contributed by atoms with Crippen LogP contribution in [0.2, 0.25) is 0 Å². The number of benzene rings is 2. The number of hydrogen-bond donors (Lipinski definition) is 2. The van der Waals surface area contributed by atoms with Crippen molar-refractivity contribution in [1.82, 2.24) is 5.32 Å². The molecule has 1 atom stereocenters. The molecule has 7 nitrogen and oxygen atoms in total. The Morgan fingerprint density at radius 3 is 2.39 bits per heavy atom. The minimum Gasteiger partial charge on any atom is -0.496 e. The Morgan fingerprint density at radius 1 is 1.07 bits per heavy atom.